The smallest absolute Gasteiger partial charge is 0.341 e. The number of benzene rings is 1. The number of hydrogen-bond donors (Lipinski definition) is 3. The van der Waals surface area contributed by atoms with Gasteiger partial charge in [0, 0.05) is 72.6 Å². The molecule has 0 amide bonds. The Kier molecular flexibility index (Phi) is 6.12. The van der Waals surface area contributed by atoms with Gasteiger partial charge in [-0.2, -0.15) is 5.26 Å². The van der Waals surface area contributed by atoms with Gasteiger partial charge in [0.2, 0.25) is 0 Å². The van der Waals surface area contributed by atoms with E-state index >= 15 is 4.39 Å². The molecule has 0 aliphatic carbocycles. The van der Waals surface area contributed by atoms with Crippen LogP contribution in [0.5, 0.6) is 0 Å². The lowest BCUT2D eigenvalue weighted by molar-refractivity contribution is 0.0694. The van der Waals surface area contributed by atoms with Crippen molar-refractivity contribution in [3.8, 4) is 17.2 Å². The number of carbonyl (C=O) groups is 1. The lowest BCUT2D eigenvalue weighted by Gasteiger charge is -2.27. The third-order valence-electron chi connectivity index (χ3n) is 8.86. The molecular formula is C31H28FN7O4. The number of fused-ring (bicyclic) bond motifs is 5. The number of hydrogen-bond acceptors (Lipinski definition) is 8. The first-order chi connectivity index (χ1) is 20.7. The van der Waals surface area contributed by atoms with Crippen LogP contribution < -0.4 is 15.8 Å². The Labute approximate surface area is 244 Å². The minimum absolute atomic E-state index is 0.0222. The summed E-state index contributed by atoms with van der Waals surface area (Å²) >= 11 is 0. The molecule has 2 aliphatic heterocycles. The van der Waals surface area contributed by atoms with Crippen molar-refractivity contribution in [2.45, 2.75) is 12.1 Å². The molecule has 4 aromatic heterocycles. The van der Waals surface area contributed by atoms with Crippen LogP contribution in [-0.4, -0.2) is 83.3 Å². The van der Waals surface area contributed by atoms with Crippen molar-refractivity contribution in [2.24, 2.45) is 5.92 Å². The highest BCUT2D eigenvalue weighted by Crippen LogP contribution is 2.46. The number of nitriles is 1. The molecule has 2 fully saturated rings. The van der Waals surface area contributed by atoms with Crippen molar-refractivity contribution in [1.82, 2.24) is 19.3 Å². The molecule has 0 spiro atoms. The average molecular weight is 582 g/mol. The number of carboxylic acid groups (broad SMARTS) is 1. The highest BCUT2D eigenvalue weighted by molar-refractivity contribution is 6.19. The van der Waals surface area contributed by atoms with Crippen LogP contribution in [0.4, 0.5) is 15.8 Å². The molecule has 1 unspecified atom stereocenters. The molecule has 0 bridgehead atoms. The van der Waals surface area contributed by atoms with E-state index in [-0.39, 0.29) is 29.2 Å². The molecular weight excluding hydrogens is 553 g/mol. The van der Waals surface area contributed by atoms with Crippen LogP contribution in [0.3, 0.4) is 0 Å². The maximum atomic E-state index is 15.3. The Morgan fingerprint density at radius 1 is 1.26 bits per heavy atom. The second-order valence-corrected chi connectivity index (χ2v) is 11.3. The summed E-state index contributed by atoms with van der Waals surface area (Å²) in [4.78, 5) is 37.2. The van der Waals surface area contributed by atoms with E-state index in [1.807, 2.05) is 20.2 Å². The van der Waals surface area contributed by atoms with Crippen LogP contribution in [-0.2, 0) is 4.74 Å². The van der Waals surface area contributed by atoms with Gasteiger partial charge in [0.15, 0.2) is 0 Å². The Morgan fingerprint density at radius 2 is 2.05 bits per heavy atom. The minimum atomic E-state index is -1.31. The number of rotatable bonds is 5. The molecule has 12 heteroatoms. The fourth-order valence-electron chi connectivity index (χ4n) is 6.75. The summed E-state index contributed by atoms with van der Waals surface area (Å²) in [5.41, 5.74) is 2.99. The number of aromatic amines is 1. The number of aromatic carboxylic acids is 1. The first kappa shape index (κ1) is 26.9. The van der Waals surface area contributed by atoms with Gasteiger partial charge in [-0.25, -0.2) is 14.2 Å². The van der Waals surface area contributed by atoms with Crippen molar-refractivity contribution in [2.75, 3.05) is 51.1 Å². The number of likely N-dealkylation sites (N-methyl/N-ethyl adjacent to an activating group) is 1. The van der Waals surface area contributed by atoms with E-state index in [2.05, 4.69) is 26.2 Å². The number of aromatic nitrogens is 3. The number of pyridine rings is 3. The third kappa shape index (κ3) is 3.96. The van der Waals surface area contributed by atoms with Gasteiger partial charge < -0.3 is 29.9 Å². The van der Waals surface area contributed by atoms with Gasteiger partial charge in [-0.1, -0.05) is 6.07 Å². The Hall–Kier alpha value is -4.99. The van der Waals surface area contributed by atoms with Crippen LogP contribution in [0.1, 0.15) is 15.9 Å². The van der Waals surface area contributed by atoms with Crippen molar-refractivity contribution in [3.05, 3.63) is 70.0 Å². The maximum absolute atomic E-state index is 15.3. The topological polar surface area (TPSA) is 139 Å². The van der Waals surface area contributed by atoms with Gasteiger partial charge in [0.05, 0.1) is 40.6 Å². The summed E-state index contributed by atoms with van der Waals surface area (Å²) in [6, 6.07) is 10.0. The molecule has 218 valence electrons. The number of nitrogens with zero attached hydrogens (tertiary/aromatic N) is 5. The molecule has 2 aliphatic rings. The normalized spacial score (nSPS) is 19.9. The number of carboxylic acids is 1. The van der Waals surface area contributed by atoms with Crippen LogP contribution >= 0.6 is 0 Å². The SMILES string of the molecule is CNc1cc(F)c(C#N)c2c1[nH]c1ncc(-c3ccc4ccc(C(=O)O)c(=O)n4c3)c(N3C[C@@H]4C(N(C)C)CO[C@@H]4C3)c12. The lowest BCUT2D eigenvalue weighted by atomic mass is 9.98. The van der Waals surface area contributed by atoms with Gasteiger partial charge in [0.1, 0.15) is 23.1 Å². The fourth-order valence-corrected chi connectivity index (χ4v) is 6.75. The second-order valence-electron chi connectivity index (χ2n) is 11.3. The Bertz CT molecular complexity index is 2080. The number of H-pyrrole nitrogens is 1. The van der Waals surface area contributed by atoms with Gasteiger partial charge in [0.25, 0.3) is 5.56 Å². The third-order valence-corrected chi connectivity index (χ3v) is 8.86. The number of anilines is 2. The van der Waals surface area contributed by atoms with Gasteiger partial charge in [-0.05, 0) is 32.3 Å². The maximum Gasteiger partial charge on any atom is 0.341 e. The molecule has 0 saturated carbocycles. The molecule has 1 aromatic carbocycles. The second kappa shape index (κ2) is 9.79. The summed E-state index contributed by atoms with van der Waals surface area (Å²) in [6.07, 6.45) is 3.28. The van der Waals surface area contributed by atoms with E-state index < -0.39 is 17.3 Å². The van der Waals surface area contributed by atoms with Crippen molar-refractivity contribution in [1.29, 1.82) is 5.26 Å². The molecule has 43 heavy (non-hydrogen) atoms. The van der Waals surface area contributed by atoms with E-state index in [1.165, 1.54) is 16.5 Å². The fraction of sp³-hybridized carbons (Fsp3) is 0.290. The minimum Gasteiger partial charge on any atom is -0.477 e. The summed E-state index contributed by atoms with van der Waals surface area (Å²) < 4.78 is 22.9. The standard InChI is InChI=1S/C31H28FN7O4/c1-34-22-8-21(32)18(9-33)25-26-28(38-12-20-23(37(2)3)14-43-24(20)13-38)19(10-35-29(26)36-27(22)25)15-4-5-16-6-7-17(31(41)42)30(40)39(16)11-15/h4-8,10-11,20,23-24,34H,12-14H2,1-3H3,(H,35,36)(H,41,42)/t20-,23?,24-/m1/s1. The van der Waals surface area contributed by atoms with Gasteiger partial charge in [-0.3, -0.25) is 9.20 Å². The van der Waals surface area contributed by atoms with E-state index in [4.69, 9.17) is 9.72 Å². The van der Waals surface area contributed by atoms with E-state index in [0.29, 0.717) is 64.0 Å². The molecule has 11 nitrogen and oxygen atoms in total. The van der Waals surface area contributed by atoms with Crippen LogP contribution in [0.2, 0.25) is 0 Å². The number of nitrogens with one attached hydrogen (secondary N) is 2. The molecule has 3 N–H and O–H groups in total. The Balaban J connectivity index is 1.54. The molecule has 7 rings (SSSR count). The molecule has 6 heterocycles. The average Bonchev–Trinajstić information content (AvgIpc) is 3.69. The van der Waals surface area contributed by atoms with Crippen molar-refractivity contribution < 1.29 is 19.0 Å². The van der Waals surface area contributed by atoms with E-state index in [0.717, 1.165) is 5.69 Å². The van der Waals surface area contributed by atoms with Crippen molar-refractivity contribution >= 4 is 44.8 Å². The quantitative estimate of drug-likeness (QED) is 0.285. The van der Waals surface area contributed by atoms with Gasteiger partial charge in [-0.15, -0.1) is 0 Å². The highest BCUT2D eigenvalue weighted by atomic mass is 19.1. The van der Waals surface area contributed by atoms with E-state index in [1.54, 1.807) is 31.6 Å². The first-order valence-corrected chi connectivity index (χ1v) is 13.9. The molecule has 2 saturated heterocycles. The summed E-state index contributed by atoms with van der Waals surface area (Å²) in [7, 11) is 5.76. The monoisotopic (exact) mass is 581 g/mol. The van der Waals surface area contributed by atoms with Crippen LogP contribution in [0.25, 0.3) is 38.6 Å². The predicted octanol–water partition coefficient (Wildman–Crippen LogP) is 3.51. The van der Waals surface area contributed by atoms with Crippen LogP contribution in [0.15, 0.2) is 47.5 Å². The number of ether oxygens (including phenoxy) is 1. The largest absolute Gasteiger partial charge is 0.477 e. The van der Waals surface area contributed by atoms with Crippen LogP contribution in [0, 0.1) is 23.1 Å². The lowest BCUT2D eigenvalue weighted by Crippen LogP contribution is -2.37. The first-order valence-electron chi connectivity index (χ1n) is 13.9. The molecule has 3 atom stereocenters. The predicted molar refractivity (Wildman–Crippen MR) is 160 cm³/mol. The summed E-state index contributed by atoms with van der Waals surface area (Å²) in [5, 5.41) is 23.6. The Morgan fingerprint density at radius 3 is 2.77 bits per heavy atom. The summed E-state index contributed by atoms with van der Waals surface area (Å²) in [6.45, 7) is 1.86. The van der Waals surface area contributed by atoms with E-state index in [9.17, 15) is 20.0 Å². The zero-order valence-corrected chi connectivity index (χ0v) is 23.7. The summed E-state index contributed by atoms with van der Waals surface area (Å²) in [5.74, 6) is -1.74. The molecule has 0 radical (unpaired) electrons. The van der Waals surface area contributed by atoms with Gasteiger partial charge >= 0.3 is 5.97 Å². The number of halogens is 1. The molecule has 5 aromatic rings. The van der Waals surface area contributed by atoms with Crippen molar-refractivity contribution in [3.63, 3.8) is 0 Å². The highest BCUT2D eigenvalue weighted by Gasteiger charge is 2.45. The zero-order valence-electron chi connectivity index (χ0n) is 23.7. The zero-order chi connectivity index (χ0) is 30.2.